The van der Waals surface area contributed by atoms with Crippen LogP contribution in [0.4, 0.5) is 11.4 Å². The molecule has 0 amide bonds. The van der Waals surface area contributed by atoms with Crippen LogP contribution >= 0.6 is 9.24 Å². The number of unbranched alkanes of at least 4 members (excludes halogenated alkanes) is 2. The fraction of sp³-hybridized carbons (Fsp3) is 0.548. The molecule has 6 nitrogen and oxygen atoms in total. The average Bonchev–Trinajstić information content (AvgIpc) is 3.18. The second-order valence-corrected chi connectivity index (χ2v) is 12.0. The van der Waals surface area contributed by atoms with Crippen molar-refractivity contribution < 1.29 is 14.3 Å². The molecule has 3 aliphatic heterocycles. The maximum absolute atomic E-state index is 12.6. The Hall–Kier alpha value is -2.43. The molecule has 0 radical (unpaired) electrons. The van der Waals surface area contributed by atoms with E-state index in [0.717, 1.165) is 75.7 Å². The van der Waals surface area contributed by atoms with Crippen LogP contribution in [-0.2, 0) is 9.53 Å². The molecule has 7 heteroatoms. The number of hydrogen-bond acceptors (Lipinski definition) is 6. The minimum atomic E-state index is -0.0930. The van der Waals surface area contributed by atoms with Gasteiger partial charge in [0, 0.05) is 56.0 Å². The van der Waals surface area contributed by atoms with Gasteiger partial charge in [-0.3, -0.25) is 9.59 Å². The van der Waals surface area contributed by atoms with Gasteiger partial charge in [-0.2, -0.15) is 0 Å². The number of likely N-dealkylation sites (tertiary alicyclic amines) is 1. The van der Waals surface area contributed by atoms with Gasteiger partial charge >= 0.3 is 5.97 Å². The number of ether oxygens (including phenoxy) is 1. The number of esters is 1. The minimum absolute atomic E-state index is 0.0930. The van der Waals surface area contributed by atoms with Gasteiger partial charge in [0.1, 0.15) is 0 Å². The Morgan fingerprint density at radius 3 is 2.63 bits per heavy atom. The van der Waals surface area contributed by atoms with Crippen LogP contribution in [-0.4, -0.2) is 61.6 Å². The van der Waals surface area contributed by atoms with Gasteiger partial charge < -0.3 is 19.4 Å². The fourth-order valence-electron chi connectivity index (χ4n) is 6.56. The summed E-state index contributed by atoms with van der Waals surface area (Å²) in [6, 6.07) is 14.5. The van der Waals surface area contributed by atoms with Crippen molar-refractivity contribution in [3.8, 4) is 0 Å². The zero-order valence-electron chi connectivity index (χ0n) is 23.0. The zero-order valence-corrected chi connectivity index (χ0v) is 24.1. The number of hydrogen-bond donors (Lipinski definition) is 0. The predicted molar refractivity (Wildman–Crippen MR) is 158 cm³/mol. The molecular formula is C31H42N3O3P. The number of carbonyl (C=O) groups excluding carboxylic acids is 2. The van der Waals surface area contributed by atoms with Crippen molar-refractivity contribution in [2.75, 3.05) is 49.3 Å². The van der Waals surface area contributed by atoms with E-state index in [2.05, 4.69) is 56.0 Å². The molecule has 0 saturated carbocycles. The van der Waals surface area contributed by atoms with E-state index < -0.39 is 0 Å². The number of rotatable bonds is 11. The first kappa shape index (κ1) is 27.1. The second kappa shape index (κ2) is 11.8. The number of fused-ring (bicyclic) bond motifs is 3. The number of piperidine rings is 1. The van der Waals surface area contributed by atoms with Gasteiger partial charge in [-0.05, 0) is 49.7 Å². The standard InChI is InChI=1S/C31H42N3O3P/c1-3-4-5-11-29(36)37-22-33-19-20-34-30-25(8-6-9-27(30)33)26-21-32(18-16-31(26,34)2)17-7-10-28(35)23-12-14-24(38)15-13-23/h6,8-9,12-15,26H,3-5,7,10-11,16-22,38H2,1-2H3/t26-,31-/m0/s1. The van der Waals surface area contributed by atoms with Gasteiger partial charge in [0.25, 0.3) is 0 Å². The molecule has 3 aliphatic rings. The zero-order chi connectivity index (χ0) is 26.7. The second-order valence-electron chi connectivity index (χ2n) is 11.3. The van der Waals surface area contributed by atoms with Crippen LogP contribution in [0.1, 0.15) is 80.6 Å². The summed E-state index contributed by atoms with van der Waals surface area (Å²) >= 11 is 0. The van der Waals surface area contributed by atoms with E-state index >= 15 is 0 Å². The molecule has 0 aliphatic carbocycles. The normalized spacial score (nSPS) is 22.2. The van der Waals surface area contributed by atoms with Gasteiger partial charge in [0.15, 0.2) is 12.5 Å². The molecule has 5 rings (SSSR count). The summed E-state index contributed by atoms with van der Waals surface area (Å²) < 4.78 is 5.67. The first-order chi connectivity index (χ1) is 18.4. The van der Waals surface area contributed by atoms with Crippen molar-refractivity contribution in [1.82, 2.24) is 4.90 Å². The molecule has 0 spiro atoms. The Morgan fingerprint density at radius 1 is 1.03 bits per heavy atom. The maximum atomic E-state index is 12.6. The number of para-hydroxylation sites is 1. The number of nitrogens with zero attached hydrogens (tertiary/aromatic N) is 3. The molecule has 3 atom stereocenters. The summed E-state index contributed by atoms with van der Waals surface area (Å²) in [4.78, 5) is 32.3. The first-order valence-corrected chi connectivity index (χ1v) is 14.9. The molecule has 1 fully saturated rings. The molecular weight excluding hydrogens is 493 g/mol. The van der Waals surface area contributed by atoms with Crippen molar-refractivity contribution in [3.63, 3.8) is 0 Å². The predicted octanol–water partition coefficient (Wildman–Crippen LogP) is 5.12. The fourth-order valence-corrected chi connectivity index (χ4v) is 6.75. The van der Waals surface area contributed by atoms with Crippen molar-refractivity contribution in [1.29, 1.82) is 0 Å². The number of benzene rings is 2. The van der Waals surface area contributed by atoms with E-state index in [4.69, 9.17) is 4.74 Å². The molecule has 38 heavy (non-hydrogen) atoms. The average molecular weight is 536 g/mol. The van der Waals surface area contributed by atoms with E-state index in [9.17, 15) is 9.59 Å². The van der Waals surface area contributed by atoms with Crippen LogP contribution in [0.25, 0.3) is 0 Å². The van der Waals surface area contributed by atoms with Crippen molar-refractivity contribution in [3.05, 3.63) is 53.6 Å². The molecule has 2 aromatic rings. The third-order valence-corrected chi connectivity index (χ3v) is 9.23. The number of Topliss-reactive ketones (excluding diaryl/α,β-unsaturated/α-hetero) is 1. The molecule has 0 N–H and O–H groups in total. The van der Waals surface area contributed by atoms with Crippen molar-refractivity contribution >= 4 is 37.7 Å². The van der Waals surface area contributed by atoms with Crippen molar-refractivity contribution in [2.24, 2.45) is 0 Å². The van der Waals surface area contributed by atoms with Crippen LogP contribution in [0, 0.1) is 0 Å². The maximum Gasteiger partial charge on any atom is 0.307 e. The lowest BCUT2D eigenvalue weighted by Gasteiger charge is -2.49. The molecule has 0 aromatic heterocycles. The van der Waals surface area contributed by atoms with E-state index in [0.29, 0.717) is 25.5 Å². The van der Waals surface area contributed by atoms with E-state index in [1.165, 1.54) is 16.9 Å². The Bertz CT molecular complexity index is 1150. The highest BCUT2D eigenvalue weighted by Crippen LogP contribution is 2.55. The Morgan fingerprint density at radius 2 is 1.84 bits per heavy atom. The molecule has 204 valence electrons. The van der Waals surface area contributed by atoms with Gasteiger partial charge in [-0.1, -0.05) is 56.2 Å². The lowest BCUT2D eigenvalue weighted by Crippen LogP contribution is -2.57. The minimum Gasteiger partial charge on any atom is -0.444 e. The smallest absolute Gasteiger partial charge is 0.307 e. The summed E-state index contributed by atoms with van der Waals surface area (Å²) in [6.45, 7) is 9.75. The molecule has 1 unspecified atom stereocenters. The highest BCUT2D eigenvalue weighted by atomic mass is 31.0. The highest BCUT2D eigenvalue weighted by molar-refractivity contribution is 7.27. The number of anilines is 2. The quantitative estimate of drug-likeness (QED) is 0.172. The van der Waals surface area contributed by atoms with Crippen LogP contribution in [0.15, 0.2) is 42.5 Å². The topological polar surface area (TPSA) is 53.1 Å². The van der Waals surface area contributed by atoms with E-state index in [1.807, 2.05) is 24.3 Å². The molecule has 3 heterocycles. The molecule has 0 bridgehead atoms. The van der Waals surface area contributed by atoms with Gasteiger partial charge in [-0.25, -0.2) is 0 Å². The van der Waals surface area contributed by atoms with Gasteiger partial charge in [0.05, 0.1) is 11.4 Å². The largest absolute Gasteiger partial charge is 0.444 e. The summed E-state index contributed by atoms with van der Waals surface area (Å²) in [6.07, 6.45) is 6.17. The van der Waals surface area contributed by atoms with Gasteiger partial charge in [-0.15, -0.1) is 9.24 Å². The lowest BCUT2D eigenvalue weighted by atomic mass is 9.78. The first-order valence-electron chi connectivity index (χ1n) is 14.3. The highest BCUT2D eigenvalue weighted by Gasteiger charge is 2.52. The Kier molecular flexibility index (Phi) is 8.40. The monoisotopic (exact) mass is 535 g/mol. The number of ketones is 1. The summed E-state index contributed by atoms with van der Waals surface area (Å²) in [5, 5.41) is 1.10. The molecule has 2 aromatic carbocycles. The van der Waals surface area contributed by atoms with Crippen molar-refractivity contribution in [2.45, 2.75) is 70.3 Å². The van der Waals surface area contributed by atoms with E-state index in [-0.39, 0.29) is 17.3 Å². The van der Waals surface area contributed by atoms with Crippen LogP contribution in [0.5, 0.6) is 0 Å². The van der Waals surface area contributed by atoms with Crippen LogP contribution in [0.3, 0.4) is 0 Å². The summed E-state index contributed by atoms with van der Waals surface area (Å²) in [5.74, 6) is 0.577. The Labute approximate surface area is 229 Å². The third-order valence-electron chi connectivity index (χ3n) is 8.84. The summed E-state index contributed by atoms with van der Waals surface area (Å²) in [5.41, 5.74) is 4.86. The lowest BCUT2D eigenvalue weighted by molar-refractivity contribution is -0.143. The summed E-state index contributed by atoms with van der Waals surface area (Å²) in [7, 11) is 2.67. The SMILES string of the molecule is CCCCCC(=O)OCN1CCN2c3c(cccc31)[C@@H]1CN(CCCC(=O)c3ccc(P)cc3)CC[C@@]12C. The van der Waals surface area contributed by atoms with Crippen LogP contribution < -0.4 is 15.1 Å². The van der Waals surface area contributed by atoms with Crippen LogP contribution in [0.2, 0.25) is 0 Å². The Balaban J connectivity index is 1.21. The van der Waals surface area contributed by atoms with Gasteiger partial charge in [0.2, 0.25) is 0 Å². The molecule has 1 saturated heterocycles. The third kappa shape index (κ3) is 5.49. The van der Waals surface area contributed by atoms with E-state index in [1.54, 1.807) is 0 Å². The number of carbonyl (C=O) groups is 2.